The van der Waals surface area contributed by atoms with Gasteiger partial charge in [-0.1, -0.05) is 30.7 Å². The molecular weight excluding hydrogens is 246 g/mol. The summed E-state index contributed by atoms with van der Waals surface area (Å²) in [6, 6.07) is 7.83. The van der Waals surface area contributed by atoms with Crippen LogP contribution in [0.2, 0.25) is 5.02 Å². The third-order valence-electron chi connectivity index (χ3n) is 3.75. The second-order valence-electron chi connectivity index (χ2n) is 5.37. The molecule has 1 N–H and O–H groups in total. The van der Waals surface area contributed by atoms with E-state index in [1.54, 1.807) is 0 Å². The molecule has 1 aliphatic rings. The van der Waals surface area contributed by atoms with Gasteiger partial charge in [0, 0.05) is 24.5 Å². The van der Waals surface area contributed by atoms with Crippen molar-refractivity contribution in [2.75, 3.05) is 19.6 Å². The molecule has 1 saturated heterocycles. The lowest BCUT2D eigenvalue weighted by Gasteiger charge is -2.38. The van der Waals surface area contributed by atoms with Crippen LogP contribution in [0.15, 0.2) is 24.3 Å². The highest BCUT2D eigenvalue weighted by atomic mass is 35.5. The van der Waals surface area contributed by atoms with Crippen LogP contribution in [0.25, 0.3) is 0 Å². The largest absolute Gasteiger partial charge is 0.389 e. The number of nitrogens with zero attached hydrogens (tertiary/aromatic N) is 1. The zero-order chi connectivity index (χ0) is 13.0. The number of aliphatic hydroxyl groups is 1. The summed E-state index contributed by atoms with van der Waals surface area (Å²) in [5.41, 5.74) is 0.587. The highest BCUT2D eigenvalue weighted by Crippen LogP contribution is 2.27. The van der Waals surface area contributed by atoms with Crippen LogP contribution in [-0.2, 0) is 6.42 Å². The van der Waals surface area contributed by atoms with E-state index in [9.17, 15) is 5.11 Å². The number of benzene rings is 1. The molecule has 1 aliphatic heterocycles. The molecule has 0 amide bonds. The monoisotopic (exact) mass is 267 g/mol. The lowest BCUT2D eigenvalue weighted by Crippen LogP contribution is -2.45. The zero-order valence-corrected chi connectivity index (χ0v) is 11.8. The first-order valence-corrected chi connectivity index (χ1v) is 7.18. The van der Waals surface area contributed by atoms with Gasteiger partial charge in [0.1, 0.15) is 0 Å². The Hall–Kier alpha value is -0.570. The van der Waals surface area contributed by atoms with Gasteiger partial charge in [-0.25, -0.2) is 0 Å². The van der Waals surface area contributed by atoms with Gasteiger partial charge in [0.15, 0.2) is 0 Å². The Bertz CT molecular complexity index is 386. The van der Waals surface area contributed by atoms with Crippen molar-refractivity contribution in [1.82, 2.24) is 4.90 Å². The highest BCUT2D eigenvalue weighted by molar-refractivity contribution is 6.30. The average Bonchev–Trinajstić information content (AvgIpc) is 2.32. The molecule has 3 heteroatoms. The van der Waals surface area contributed by atoms with Crippen LogP contribution in [-0.4, -0.2) is 35.2 Å². The summed E-state index contributed by atoms with van der Waals surface area (Å²) in [4.78, 5) is 2.44. The van der Waals surface area contributed by atoms with E-state index in [0.29, 0.717) is 6.42 Å². The lowest BCUT2D eigenvalue weighted by molar-refractivity contribution is -0.0205. The fraction of sp³-hybridized carbons (Fsp3) is 0.600. The molecule has 0 aromatic heterocycles. The summed E-state index contributed by atoms with van der Waals surface area (Å²) < 4.78 is 0. The Kier molecular flexibility index (Phi) is 4.66. The van der Waals surface area contributed by atoms with Gasteiger partial charge in [0.2, 0.25) is 0 Å². The van der Waals surface area contributed by atoms with E-state index in [4.69, 9.17) is 11.6 Å². The van der Waals surface area contributed by atoms with Crippen molar-refractivity contribution in [2.45, 2.75) is 38.2 Å². The number of rotatable bonds is 4. The van der Waals surface area contributed by atoms with Gasteiger partial charge in [0.25, 0.3) is 0 Å². The van der Waals surface area contributed by atoms with Crippen LogP contribution in [0.4, 0.5) is 0 Å². The predicted octanol–water partition coefficient (Wildman–Crippen LogP) is 3.12. The molecule has 2 rings (SSSR count). The van der Waals surface area contributed by atoms with Crippen LogP contribution in [0.5, 0.6) is 0 Å². The third-order valence-corrected chi connectivity index (χ3v) is 3.98. The first-order chi connectivity index (χ1) is 8.61. The van der Waals surface area contributed by atoms with Crippen molar-refractivity contribution in [3.8, 4) is 0 Å². The van der Waals surface area contributed by atoms with Crippen molar-refractivity contribution >= 4 is 11.6 Å². The fourth-order valence-corrected chi connectivity index (χ4v) is 2.93. The number of piperidine rings is 1. The lowest BCUT2D eigenvalue weighted by atomic mass is 9.85. The van der Waals surface area contributed by atoms with E-state index < -0.39 is 5.60 Å². The zero-order valence-electron chi connectivity index (χ0n) is 11.0. The van der Waals surface area contributed by atoms with Gasteiger partial charge in [-0.3, -0.25) is 0 Å². The van der Waals surface area contributed by atoms with E-state index in [0.717, 1.165) is 43.1 Å². The average molecular weight is 268 g/mol. The molecule has 1 heterocycles. The Morgan fingerprint density at radius 2 is 2.06 bits per heavy atom. The summed E-state index contributed by atoms with van der Waals surface area (Å²) in [5, 5.41) is 11.4. The van der Waals surface area contributed by atoms with E-state index >= 15 is 0 Å². The maximum absolute atomic E-state index is 10.6. The second kappa shape index (κ2) is 6.05. The molecule has 18 heavy (non-hydrogen) atoms. The van der Waals surface area contributed by atoms with Crippen LogP contribution < -0.4 is 0 Å². The molecule has 0 radical (unpaired) electrons. The predicted molar refractivity (Wildman–Crippen MR) is 76.1 cm³/mol. The summed E-state index contributed by atoms with van der Waals surface area (Å²) in [6.07, 6.45) is 3.62. The molecule has 0 spiro atoms. The Labute approximate surface area is 115 Å². The van der Waals surface area contributed by atoms with Gasteiger partial charge in [0.05, 0.1) is 5.60 Å². The molecule has 0 atom stereocenters. The topological polar surface area (TPSA) is 23.5 Å². The minimum Gasteiger partial charge on any atom is -0.389 e. The quantitative estimate of drug-likeness (QED) is 0.906. The summed E-state index contributed by atoms with van der Waals surface area (Å²) in [6.45, 7) is 5.36. The number of likely N-dealkylation sites (tertiary alicyclic amines) is 1. The maximum atomic E-state index is 10.6. The molecule has 2 nitrogen and oxygen atoms in total. The first-order valence-electron chi connectivity index (χ1n) is 6.80. The maximum Gasteiger partial charge on any atom is 0.0712 e. The molecule has 0 unspecified atom stereocenters. The first kappa shape index (κ1) is 13.9. The second-order valence-corrected chi connectivity index (χ2v) is 5.81. The Morgan fingerprint density at radius 3 is 2.67 bits per heavy atom. The number of halogens is 1. The van der Waals surface area contributed by atoms with Crippen molar-refractivity contribution in [3.05, 3.63) is 34.9 Å². The van der Waals surface area contributed by atoms with E-state index in [1.807, 2.05) is 24.3 Å². The normalized spacial score (nSPS) is 19.9. The van der Waals surface area contributed by atoms with Crippen LogP contribution in [0.3, 0.4) is 0 Å². The van der Waals surface area contributed by atoms with Crippen molar-refractivity contribution in [1.29, 1.82) is 0 Å². The van der Waals surface area contributed by atoms with Crippen molar-refractivity contribution in [3.63, 3.8) is 0 Å². The SMILES string of the molecule is CCCN1CCC(O)(Cc2cccc(Cl)c2)CC1. The third kappa shape index (κ3) is 3.71. The molecular formula is C15H22ClNO. The molecule has 0 bridgehead atoms. The van der Waals surface area contributed by atoms with Gasteiger partial charge < -0.3 is 10.0 Å². The molecule has 0 aliphatic carbocycles. The van der Waals surface area contributed by atoms with Gasteiger partial charge in [-0.2, -0.15) is 0 Å². The molecule has 100 valence electrons. The smallest absolute Gasteiger partial charge is 0.0712 e. The number of hydrogen-bond acceptors (Lipinski definition) is 2. The molecule has 1 aromatic carbocycles. The molecule has 1 aromatic rings. The highest BCUT2D eigenvalue weighted by Gasteiger charge is 2.31. The van der Waals surface area contributed by atoms with Crippen LogP contribution in [0, 0.1) is 0 Å². The molecule has 0 saturated carbocycles. The van der Waals surface area contributed by atoms with Crippen LogP contribution >= 0.6 is 11.6 Å². The summed E-state index contributed by atoms with van der Waals surface area (Å²) in [5.74, 6) is 0. The number of hydrogen-bond donors (Lipinski definition) is 1. The standard InChI is InChI=1S/C15H22ClNO/c1-2-8-17-9-6-15(18,7-10-17)12-13-4-3-5-14(16)11-13/h3-5,11,18H,2,6-10,12H2,1H3. The minimum atomic E-state index is -0.547. The fourth-order valence-electron chi connectivity index (χ4n) is 2.71. The van der Waals surface area contributed by atoms with Crippen LogP contribution in [0.1, 0.15) is 31.7 Å². The molecule has 1 fully saturated rings. The van der Waals surface area contributed by atoms with Gasteiger partial charge in [-0.05, 0) is 43.5 Å². The Morgan fingerprint density at radius 1 is 1.33 bits per heavy atom. The van der Waals surface area contributed by atoms with Gasteiger partial charge in [-0.15, -0.1) is 0 Å². The van der Waals surface area contributed by atoms with Crippen molar-refractivity contribution in [2.24, 2.45) is 0 Å². The van der Waals surface area contributed by atoms with E-state index in [1.165, 1.54) is 6.42 Å². The summed E-state index contributed by atoms with van der Waals surface area (Å²) >= 11 is 5.98. The summed E-state index contributed by atoms with van der Waals surface area (Å²) in [7, 11) is 0. The van der Waals surface area contributed by atoms with Gasteiger partial charge >= 0.3 is 0 Å². The van der Waals surface area contributed by atoms with E-state index in [-0.39, 0.29) is 0 Å². The minimum absolute atomic E-state index is 0.547. The van der Waals surface area contributed by atoms with E-state index in [2.05, 4.69) is 11.8 Å². The van der Waals surface area contributed by atoms with Crippen molar-refractivity contribution < 1.29 is 5.11 Å². The Balaban J connectivity index is 1.93.